The summed E-state index contributed by atoms with van der Waals surface area (Å²) in [6, 6.07) is 13.0. The first-order valence-corrected chi connectivity index (χ1v) is 13.2. The quantitative estimate of drug-likeness (QED) is 0.464. The van der Waals surface area contributed by atoms with Crippen LogP contribution in [0.25, 0.3) is 11.3 Å². The average Bonchev–Trinajstić information content (AvgIpc) is 3.18. The van der Waals surface area contributed by atoms with Crippen LogP contribution in [-0.4, -0.2) is 74.2 Å². The number of morpholine rings is 1. The van der Waals surface area contributed by atoms with Gasteiger partial charge in [0.05, 0.1) is 35.0 Å². The van der Waals surface area contributed by atoms with E-state index in [0.29, 0.717) is 47.5 Å². The van der Waals surface area contributed by atoms with E-state index >= 15 is 0 Å². The smallest absolute Gasteiger partial charge is 0.239 e. The summed E-state index contributed by atoms with van der Waals surface area (Å²) < 4.78 is 38.2. The number of aromatic nitrogens is 2. The molecule has 1 aliphatic rings. The molecule has 1 aromatic heterocycles. The van der Waals surface area contributed by atoms with E-state index in [9.17, 15) is 13.2 Å². The summed E-state index contributed by atoms with van der Waals surface area (Å²) in [5, 5.41) is 7.31. The fourth-order valence-corrected chi connectivity index (χ4v) is 5.25. The largest absolute Gasteiger partial charge is 0.492 e. The Kier molecular flexibility index (Phi) is 8.07. The molecule has 0 atom stereocenters. The maximum Gasteiger partial charge on any atom is 0.239 e. The Labute approximate surface area is 209 Å². The van der Waals surface area contributed by atoms with Crippen LogP contribution in [-0.2, 0) is 26.4 Å². The fourth-order valence-electron chi connectivity index (χ4n) is 3.82. The topological polar surface area (TPSA) is 103 Å². The predicted octanol–water partition coefficient (Wildman–Crippen LogP) is 2.86. The summed E-state index contributed by atoms with van der Waals surface area (Å²) in [7, 11) is -2.00. The third-order valence-electron chi connectivity index (χ3n) is 5.60. The molecule has 0 radical (unpaired) electrons. The highest BCUT2D eigenvalue weighted by Crippen LogP contribution is 2.36. The number of rotatable bonds is 9. The minimum absolute atomic E-state index is 0.0986. The van der Waals surface area contributed by atoms with Crippen LogP contribution in [0.1, 0.15) is 0 Å². The molecule has 3 aromatic rings. The maximum absolute atomic E-state index is 12.6. The molecule has 0 unspecified atom stereocenters. The van der Waals surface area contributed by atoms with E-state index in [1.807, 2.05) is 0 Å². The Balaban J connectivity index is 1.51. The monoisotopic (exact) mass is 518 g/mol. The SMILES string of the molecule is Cn1ncc(Cl)c1-c1cc(NC(=O)CS(=O)(=O)c2ccccc2)ccc1OCCN1CCOCC1. The lowest BCUT2D eigenvalue weighted by atomic mass is 10.1. The van der Waals surface area contributed by atoms with Gasteiger partial charge in [-0.15, -0.1) is 0 Å². The first-order chi connectivity index (χ1) is 16.8. The van der Waals surface area contributed by atoms with Gasteiger partial charge in [-0.2, -0.15) is 5.10 Å². The van der Waals surface area contributed by atoms with Gasteiger partial charge < -0.3 is 14.8 Å². The van der Waals surface area contributed by atoms with Crippen LogP contribution in [0.2, 0.25) is 5.02 Å². The highest BCUT2D eigenvalue weighted by molar-refractivity contribution is 7.92. The van der Waals surface area contributed by atoms with Gasteiger partial charge in [0.2, 0.25) is 5.91 Å². The molecule has 9 nitrogen and oxygen atoms in total. The van der Waals surface area contributed by atoms with E-state index in [4.69, 9.17) is 21.1 Å². The number of hydrogen-bond donors (Lipinski definition) is 1. The average molecular weight is 519 g/mol. The molecule has 2 aromatic carbocycles. The molecule has 2 heterocycles. The third kappa shape index (κ3) is 6.40. The van der Waals surface area contributed by atoms with Gasteiger partial charge in [-0.3, -0.25) is 14.4 Å². The number of sulfone groups is 1. The van der Waals surface area contributed by atoms with Crippen LogP contribution < -0.4 is 10.1 Å². The zero-order chi connectivity index (χ0) is 24.8. The van der Waals surface area contributed by atoms with Crippen molar-refractivity contribution in [2.75, 3.05) is 50.5 Å². The number of ether oxygens (including phenoxy) is 2. The number of anilines is 1. The summed E-state index contributed by atoms with van der Waals surface area (Å²) in [4.78, 5) is 14.9. The molecule has 1 amide bonds. The van der Waals surface area contributed by atoms with Crippen molar-refractivity contribution < 1.29 is 22.7 Å². The van der Waals surface area contributed by atoms with Crippen molar-refractivity contribution in [1.82, 2.24) is 14.7 Å². The Morgan fingerprint density at radius 1 is 1.17 bits per heavy atom. The molecule has 1 fully saturated rings. The Morgan fingerprint density at radius 2 is 1.91 bits per heavy atom. The van der Waals surface area contributed by atoms with Gasteiger partial charge in [-0.1, -0.05) is 29.8 Å². The number of aryl methyl sites for hydroxylation is 1. The lowest BCUT2D eigenvalue weighted by molar-refractivity contribution is -0.113. The number of amides is 1. The molecule has 186 valence electrons. The van der Waals surface area contributed by atoms with Crippen LogP contribution in [0.3, 0.4) is 0 Å². The van der Waals surface area contributed by atoms with Crippen molar-refractivity contribution in [3.63, 3.8) is 0 Å². The molecule has 0 bridgehead atoms. The first-order valence-electron chi connectivity index (χ1n) is 11.2. The molecule has 0 saturated carbocycles. The number of halogens is 1. The van der Waals surface area contributed by atoms with E-state index in [1.54, 1.807) is 48.1 Å². The molecule has 1 aliphatic heterocycles. The van der Waals surface area contributed by atoms with Crippen LogP contribution in [0.5, 0.6) is 5.75 Å². The van der Waals surface area contributed by atoms with Crippen LogP contribution in [0, 0.1) is 0 Å². The third-order valence-corrected chi connectivity index (χ3v) is 7.51. The highest BCUT2D eigenvalue weighted by atomic mass is 35.5. The van der Waals surface area contributed by atoms with Gasteiger partial charge in [0.25, 0.3) is 0 Å². The van der Waals surface area contributed by atoms with Gasteiger partial charge in [0.1, 0.15) is 18.1 Å². The minimum Gasteiger partial charge on any atom is -0.492 e. The molecular formula is C24H27ClN4O5S. The molecule has 0 aliphatic carbocycles. The molecule has 11 heteroatoms. The Morgan fingerprint density at radius 3 is 2.60 bits per heavy atom. The van der Waals surface area contributed by atoms with Crippen molar-refractivity contribution in [3.05, 3.63) is 59.8 Å². The molecule has 0 spiro atoms. The summed E-state index contributed by atoms with van der Waals surface area (Å²) in [6.45, 7) is 4.36. The van der Waals surface area contributed by atoms with Crippen molar-refractivity contribution in [3.8, 4) is 17.0 Å². The second-order valence-electron chi connectivity index (χ2n) is 8.10. The fraction of sp³-hybridized carbons (Fsp3) is 0.333. The van der Waals surface area contributed by atoms with Gasteiger partial charge in [0.15, 0.2) is 9.84 Å². The predicted molar refractivity (Wildman–Crippen MR) is 134 cm³/mol. The number of carbonyl (C=O) groups is 1. The second kappa shape index (κ2) is 11.2. The van der Waals surface area contributed by atoms with Crippen LogP contribution in [0.4, 0.5) is 5.69 Å². The van der Waals surface area contributed by atoms with Crippen molar-refractivity contribution in [2.24, 2.45) is 7.05 Å². The highest BCUT2D eigenvalue weighted by Gasteiger charge is 2.21. The Hall–Kier alpha value is -2.92. The van der Waals surface area contributed by atoms with Crippen LogP contribution in [0.15, 0.2) is 59.6 Å². The second-order valence-corrected chi connectivity index (χ2v) is 10.5. The summed E-state index contributed by atoms with van der Waals surface area (Å²) in [5.41, 5.74) is 1.69. The molecule has 1 N–H and O–H groups in total. The molecular weight excluding hydrogens is 492 g/mol. The number of hydrogen-bond acceptors (Lipinski definition) is 7. The van der Waals surface area contributed by atoms with Gasteiger partial charge >= 0.3 is 0 Å². The van der Waals surface area contributed by atoms with Crippen molar-refractivity contribution in [1.29, 1.82) is 0 Å². The van der Waals surface area contributed by atoms with Crippen LogP contribution >= 0.6 is 11.6 Å². The van der Waals surface area contributed by atoms with E-state index in [0.717, 1.165) is 19.6 Å². The standard InChI is InChI=1S/C24H27ClN4O5S/c1-28-24(21(25)16-26-28)20-15-18(7-8-22(20)34-14-11-29-9-12-33-13-10-29)27-23(30)17-35(31,32)19-5-3-2-4-6-19/h2-8,15-16H,9-14,17H2,1H3,(H,27,30). The summed E-state index contributed by atoms with van der Waals surface area (Å²) in [6.07, 6.45) is 1.53. The van der Waals surface area contributed by atoms with E-state index < -0.39 is 21.5 Å². The van der Waals surface area contributed by atoms with Crippen molar-refractivity contribution in [2.45, 2.75) is 4.90 Å². The first kappa shape index (κ1) is 25.2. The molecule has 1 saturated heterocycles. The number of benzene rings is 2. The summed E-state index contributed by atoms with van der Waals surface area (Å²) >= 11 is 6.39. The van der Waals surface area contributed by atoms with E-state index in [-0.39, 0.29) is 4.90 Å². The molecule has 35 heavy (non-hydrogen) atoms. The Bertz CT molecular complexity index is 1250. The maximum atomic E-state index is 12.6. The van der Waals surface area contributed by atoms with Crippen molar-refractivity contribution >= 4 is 33.0 Å². The number of nitrogens with zero attached hydrogens (tertiary/aromatic N) is 3. The summed E-state index contributed by atoms with van der Waals surface area (Å²) in [5.74, 6) is -0.730. The van der Waals surface area contributed by atoms with Gasteiger partial charge in [-0.25, -0.2) is 8.42 Å². The minimum atomic E-state index is -3.76. The molecule has 4 rings (SSSR count). The van der Waals surface area contributed by atoms with E-state index in [1.165, 1.54) is 18.3 Å². The lowest BCUT2D eigenvalue weighted by Gasteiger charge is -2.26. The normalized spacial score (nSPS) is 14.6. The number of nitrogens with one attached hydrogen (secondary N) is 1. The lowest BCUT2D eigenvalue weighted by Crippen LogP contribution is -2.38. The van der Waals surface area contributed by atoms with Gasteiger partial charge in [-0.05, 0) is 30.3 Å². The zero-order valence-electron chi connectivity index (χ0n) is 19.3. The van der Waals surface area contributed by atoms with Gasteiger partial charge in [0, 0.05) is 37.9 Å². The van der Waals surface area contributed by atoms with E-state index in [2.05, 4.69) is 15.3 Å². The zero-order valence-corrected chi connectivity index (χ0v) is 20.9. The number of carbonyl (C=O) groups excluding carboxylic acids is 1.